The predicted molar refractivity (Wildman–Crippen MR) is 176 cm³/mol. The summed E-state index contributed by atoms with van der Waals surface area (Å²) in [5, 5.41) is 0. The van der Waals surface area contributed by atoms with Crippen LogP contribution in [0.4, 0.5) is 0 Å². The number of carbonyl (C=O) groups excluding carboxylic acids is 3. The lowest BCUT2D eigenvalue weighted by atomic mass is 10.0. The average Bonchev–Trinajstić information content (AvgIpc) is 3.09. The summed E-state index contributed by atoms with van der Waals surface area (Å²) in [4.78, 5) is 35.1. The van der Waals surface area contributed by atoms with Gasteiger partial charge in [0.15, 0.2) is 0 Å². The fourth-order valence-electron chi connectivity index (χ4n) is 4.66. The lowest BCUT2D eigenvalue weighted by Gasteiger charge is -2.15. The van der Waals surface area contributed by atoms with Gasteiger partial charge in [-0.25, -0.2) is 9.59 Å². The minimum absolute atomic E-state index is 0.159. The first kappa shape index (κ1) is 33.5. The third-order valence-electron chi connectivity index (χ3n) is 7.13. The number of rotatable bonds is 17. The molecule has 0 radical (unpaired) electrons. The summed E-state index contributed by atoms with van der Waals surface area (Å²) in [6, 6.07) is 23.4. The molecule has 0 bridgehead atoms. The molecular formula is C38H38O8. The molecule has 0 aromatic heterocycles. The Bertz CT molecular complexity index is 1550. The van der Waals surface area contributed by atoms with E-state index in [9.17, 15) is 14.4 Å². The molecule has 238 valence electrons. The van der Waals surface area contributed by atoms with Crippen LogP contribution in [0, 0.1) is 0 Å². The monoisotopic (exact) mass is 622 g/mol. The van der Waals surface area contributed by atoms with E-state index >= 15 is 0 Å². The standard InChI is InChI=1S/C38H38O8/c1-3-36(39)45-27-26-44-34-19-13-30(14-20-34)28-9-11-29(12-10-28)31-15-23-35(24-16-31)46-38(41)32-17-21-33(22-18-32)43-25-7-5-6-8-37(40)42-4-2/h3-4,9-17,19-21,23-24H,1-2,5-8,18,22,25-27H2. The zero-order chi connectivity index (χ0) is 32.6. The van der Waals surface area contributed by atoms with E-state index < -0.39 is 5.97 Å². The van der Waals surface area contributed by atoms with Gasteiger partial charge in [-0.1, -0.05) is 61.7 Å². The van der Waals surface area contributed by atoms with Gasteiger partial charge in [0.25, 0.3) is 0 Å². The lowest BCUT2D eigenvalue weighted by molar-refractivity contribution is -0.139. The Hall–Kier alpha value is -5.37. The molecule has 0 aliphatic heterocycles. The van der Waals surface area contributed by atoms with Crippen LogP contribution in [0.3, 0.4) is 0 Å². The van der Waals surface area contributed by atoms with Crippen molar-refractivity contribution in [3.05, 3.63) is 122 Å². The topological polar surface area (TPSA) is 97.4 Å². The zero-order valence-electron chi connectivity index (χ0n) is 25.8. The van der Waals surface area contributed by atoms with Crippen LogP contribution in [0.5, 0.6) is 11.5 Å². The molecule has 0 amide bonds. The van der Waals surface area contributed by atoms with Crippen molar-refractivity contribution in [3.63, 3.8) is 0 Å². The van der Waals surface area contributed by atoms with Gasteiger partial charge in [-0.2, -0.15) is 0 Å². The molecular weight excluding hydrogens is 584 g/mol. The molecule has 0 saturated heterocycles. The van der Waals surface area contributed by atoms with Crippen LogP contribution >= 0.6 is 0 Å². The second-order valence-electron chi connectivity index (χ2n) is 10.4. The van der Waals surface area contributed by atoms with E-state index in [-0.39, 0.29) is 25.2 Å². The number of hydrogen-bond acceptors (Lipinski definition) is 8. The molecule has 0 fully saturated rings. The molecule has 3 aromatic rings. The molecule has 1 aliphatic rings. The smallest absolute Gasteiger partial charge is 0.339 e. The summed E-state index contributed by atoms with van der Waals surface area (Å²) in [5.74, 6) is 0.899. The van der Waals surface area contributed by atoms with Crippen molar-refractivity contribution < 1.29 is 38.1 Å². The zero-order valence-corrected chi connectivity index (χ0v) is 25.8. The Morgan fingerprint density at radius 1 is 0.652 bits per heavy atom. The van der Waals surface area contributed by atoms with Crippen LogP contribution in [-0.4, -0.2) is 37.7 Å². The minimum Gasteiger partial charge on any atom is -0.498 e. The summed E-state index contributed by atoms with van der Waals surface area (Å²) in [7, 11) is 0. The van der Waals surface area contributed by atoms with Gasteiger partial charge in [-0.05, 0) is 84.4 Å². The normalized spacial score (nSPS) is 12.2. The van der Waals surface area contributed by atoms with Crippen LogP contribution in [-0.2, 0) is 28.6 Å². The molecule has 0 atom stereocenters. The summed E-state index contributed by atoms with van der Waals surface area (Å²) in [6.07, 6.45) is 9.84. The van der Waals surface area contributed by atoms with Crippen LogP contribution in [0.15, 0.2) is 122 Å². The van der Waals surface area contributed by atoms with Gasteiger partial charge in [0.1, 0.15) is 24.7 Å². The molecule has 8 nitrogen and oxygen atoms in total. The van der Waals surface area contributed by atoms with E-state index in [0.717, 1.165) is 59.6 Å². The van der Waals surface area contributed by atoms with E-state index in [1.54, 1.807) is 18.2 Å². The van der Waals surface area contributed by atoms with Crippen molar-refractivity contribution in [3.8, 4) is 33.8 Å². The molecule has 46 heavy (non-hydrogen) atoms. The number of carbonyl (C=O) groups is 3. The van der Waals surface area contributed by atoms with E-state index in [2.05, 4.69) is 25.3 Å². The highest BCUT2D eigenvalue weighted by atomic mass is 16.6. The number of ether oxygens (including phenoxy) is 5. The molecule has 0 heterocycles. The van der Waals surface area contributed by atoms with Gasteiger partial charge in [-0.15, -0.1) is 0 Å². The van der Waals surface area contributed by atoms with Gasteiger partial charge in [0.05, 0.1) is 18.6 Å². The molecule has 0 unspecified atom stereocenters. The molecule has 0 spiro atoms. The minimum atomic E-state index is -0.471. The third kappa shape index (κ3) is 10.7. The maximum Gasteiger partial charge on any atom is 0.339 e. The maximum absolute atomic E-state index is 12.7. The highest BCUT2D eigenvalue weighted by molar-refractivity contribution is 5.91. The molecule has 3 aromatic carbocycles. The second kappa shape index (κ2) is 17.8. The highest BCUT2D eigenvalue weighted by Crippen LogP contribution is 2.28. The maximum atomic E-state index is 12.7. The third-order valence-corrected chi connectivity index (χ3v) is 7.13. The number of hydrogen-bond donors (Lipinski definition) is 0. The molecule has 4 rings (SSSR count). The molecule has 0 saturated carbocycles. The Labute approximate surface area is 269 Å². The van der Waals surface area contributed by atoms with E-state index in [1.807, 2.05) is 54.6 Å². The van der Waals surface area contributed by atoms with Crippen LogP contribution < -0.4 is 9.47 Å². The Morgan fingerprint density at radius 3 is 1.83 bits per heavy atom. The summed E-state index contributed by atoms with van der Waals surface area (Å²) >= 11 is 0. The fraction of sp³-hybridized carbons (Fsp3) is 0.237. The number of allylic oxidation sites excluding steroid dienone is 3. The van der Waals surface area contributed by atoms with E-state index in [4.69, 9.17) is 23.7 Å². The van der Waals surface area contributed by atoms with Gasteiger partial charge in [-0.3, -0.25) is 4.79 Å². The SMILES string of the molecule is C=COC(=O)CCCCCOC1=CC=C(C(=O)Oc2ccc(-c3ccc(-c4ccc(OCCOC(=O)C=C)cc4)cc3)cc2)CC1. The lowest BCUT2D eigenvalue weighted by Crippen LogP contribution is -2.13. The van der Waals surface area contributed by atoms with Gasteiger partial charge >= 0.3 is 17.9 Å². The van der Waals surface area contributed by atoms with Crippen molar-refractivity contribution in [2.24, 2.45) is 0 Å². The predicted octanol–water partition coefficient (Wildman–Crippen LogP) is 7.90. The summed E-state index contributed by atoms with van der Waals surface area (Å²) in [5.41, 5.74) is 4.75. The van der Waals surface area contributed by atoms with Crippen LogP contribution in [0.1, 0.15) is 38.5 Å². The molecule has 8 heteroatoms. The Balaban J connectivity index is 1.21. The number of benzene rings is 3. The van der Waals surface area contributed by atoms with Gasteiger partial charge in [0.2, 0.25) is 0 Å². The first-order chi connectivity index (χ1) is 22.4. The summed E-state index contributed by atoms with van der Waals surface area (Å²) in [6.45, 7) is 7.71. The summed E-state index contributed by atoms with van der Waals surface area (Å²) < 4.78 is 26.6. The number of unbranched alkanes of at least 4 members (excludes halogenated alkanes) is 2. The average molecular weight is 623 g/mol. The Kier molecular flexibility index (Phi) is 13.0. The van der Waals surface area contributed by atoms with Crippen molar-refractivity contribution in [1.29, 1.82) is 0 Å². The molecule has 1 aliphatic carbocycles. The van der Waals surface area contributed by atoms with E-state index in [1.165, 1.54) is 0 Å². The molecule has 0 N–H and O–H groups in total. The van der Waals surface area contributed by atoms with Crippen molar-refractivity contribution >= 4 is 17.9 Å². The van der Waals surface area contributed by atoms with Crippen LogP contribution in [0.25, 0.3) is 22.3 Å². The first-order valence-corrected chi connectivity index (χ1v) is 15.2. The quantitative estimate of drug-likeness (QED) is 0.0493. The van der Waals surface area contributed by atoms with Crippen molar-refractivity contribution in [1.82, 2.24) is 0 Å². The second-order valence-corrected chi connectivity index (χ2v) is 10.4. The van der Waals surface area contributed by atoms with Crippen LogP contribution in [0.2, 0.25) is 0 Å². The number of esters is 3. The van der Waals surface area contributed by atoms with Crippen molar-refractivity contribution in [2.45, 2.75) is 38.5 Å². The Morgan fingerprint density at radius 2 is 1.26 bits per heavy atom. The largest absolute Gasteiger partial charge is 0.498 e. The van der Waals surface area contributed by atoms with Gasteiger partial charge < -0.3 is 23.7 Å². The van der Waals surface area contributed by atoms with Gasteiger partial charge in [0, 0.05) is 24.5 Å². The highest BCUT2D eigenvalue weighted by Gasteiger charge is 2.16. The van der Waals surface area contributed by atoms with E-state index in [0.29, 0.717) is 42.9 Å². The fourth-order valence-corrected chi connectivity index (χ4v) is 4.66. The first-order valence-electron chi connectivity index (χ1n) is 15.2. The van der Waals surface area contributed by atoms with Crippen molar-refractivity contribution in [2.75, 3.05) is 19.8 Å².